The molecular weight excluding hydrogens is 267 g/mol. The van der Waals surface area contributed by atoms with E-state index in [1.165, 1.54) is 0 Å². The van der Waals surface area contributed by atoms with Gasteiger partial charge in [-0.25, -0.2) is 0 Å². The van der Waals surface area contributed by atoms with Crippen LogP contribution >= 0.6 is 23.2 Å². The molecule has 90 valence electrons. The summed E-state index contributed by atoms with van der Waals surface area (Å²) < 4.78 is 0. The van der Waals surface area contributed by atoms with E-state index in [0.717, 1.165) is 47.8 Å². The summed E-state index contributed by atoms with van der Waals surface area (Å²) in [6.45, 7) is 0. The Morgan fingerprint density at radius 2 is 1.94 bits per heavy atom. The van der Waals surface area contributed by atoms with Gasteiger partial charge in [-0.1, -0.05) is 23.2 Å². The Hall–Kier alpha value is -1.30. The number of aromatic nitrogens is 1. The van der Waals surface area contributed by atoms with E-state index in [2.05, 4.69) is 11.1 Å². The maximum atomic E-state index is 9.42. The monoisotopic (exact) mass is 276 g/mol. The van der Waals surface area contributed by atoms with Crippen LogP contribution in [-0.2, 0) is 12.8 Å². The van der Waals surface area contributed by atoms with Gasteiger partial charge in [0.05, 0.1) is 16.1 Å². The van der Waals surface area contributed by atoms with E-state index in [-0.39, 0.29) is 0 Å². The van der Waals surface area contributed by atoms with Crippen LogP contribution in [0.25, 0.3) is 10.9 Å². The average Bonchev–Trinajstić information content (AvgIpc) is 2.35. The van der Waals surface area contributed by atoms with Crippen molar-refractivity contribution in [3.05, 3.63) is 39.0 Å². The second-order valence-corrected chi connectivity index (χ2v) is 5.36. The molecule has 1 aromatic heterocycles. The smallest absolute Gasteiger partial charge is 0.100 e. The number of rotatable bonds is 0. The molecule has 4 heteroatoms. The lowest BCUT2D eigenvalue weighted by atomic mass is 9.90. The standard InChI is InChI=1S/C14H10Cl2N2/c15-8-5-11(16)14-10(7-17)9-3-1-2-4-12(9)18-13(14)6-8/h5-6H,1-4H2. The minimum atomic E-state index is 0.509. The quantitative estimate of drug-likeness (QED) is 0.720. The zero-order valence-corrected chi connectivity index (χ0v) is 11.1. The first kappa shape index (κ1) is 11.8. The van der Waals surface area contributed by atoms with Crippen LogP contribution in [0.3, 0.4) is 0 Å². The van der Waals surface area contributed by atoms with Gasteiger partial charge in [-0.05, 0) is 43.4 Å². The fourth-order valence-electron chi connectivity index (χ4n) is 2.60. The molecule has 0 atom stereocenters. The number of hydrogen-bond acceptors (Lipinski definition) is 2. The summed E-state index contributed by atoms with van der Waals surface area (Å²) >= 11 is 12.2. The van der Waals surface area contributed by atoms with Crippen molar-refractivity contribution in [1.82, 2.24) is 4.98 Å². The molecule has 0 N–H and O–H groups in total. The van der Waals surface area contributed by atoms with Crippen LogP contribution in [0.5, 0.6) is 0 Å². The van der Waals surface area contributed by atoms with Crippen molar-refractivity contribution in [1.29, 1.82) is 5.26 Å². The van der Waals surface area contributed by atoms with Crippen LogP contribution < -0.4 is 0 Å². The molecule has 0 unspecified atom stereocenters. The van der Waals surface area contributed by atoms with E-state index in [1.807, 2.05) is 0 Å². The predicted molar refractivity (Wildman–Crippen MR) is 73.1 cm³/mol. The third-order valence-corrected chi connectivity index (χ3v) is 3.91. The van der Waals surface area contributed by atoms with Gasteiger partial charge in [0.15, 0.2) is 0 Å². The van der Waals surface area contributed by atoms with Crippen molar-refractivity contribution in [3.63, 3.8) is 0 Å². The molecule has 18 heavy (non-hydrogen) atoms. The Morgan fingerprint density at radius 1 is 1.17 bits per heavy atom. The molecule has 1 aromatic carbocycles. The molecule has 0 radical (unpaired) electrons. The summed E-state index contributed by atoms with van der Waals surface area (Å²) in [5.74, 6) is 0. The molecule has 0 amide bonds. The van der Waals surface area contributed by atoms with Gasteiger partial charge >= 0.3 is 0 Å². The van der Waals surface area contributed by atoms with Gasteiger partial charge in [-0.15, -0.1) is 0 Å². The maximum absolute atomic E-state index is 9.42. The highest BCUT2D eigenvalue weighted by atomic mass is 35.5. The fourth-order valence-corrected chi connectivity index (χ4v) is 3.17. The lowest BCUT2D eigenvalue weighted by Gasteiger charge is -2.18. The molecule has 0 fully saturated rings. The summed E-state index contributed by atoms with van der Waals surface area (Å²) in [7, 11) is 0. The van der Waals surface area contributed by atoms with Crippen molar-refractivity contribution < 1.29 is 0 Å². The number of halogens is 2. The van der Waals surface area contributed by atoms with Gasteiger partial charge in [0.1, 0.15) is 6.07 Å². The lowest BCUT2D eigenvalue weighted by Crippen LogP contribution is -2.08. The summed E-state index contributed by atoms with van der Waals surface area (Å²) in [5.41, 5.74) is 3.50. The van der Waals surface area contributed by atoms with E-state index in [0.29, 0.717) is 15.6 Å². The first-order valence-corrected chi connectivity index (χ1v) is 6.67. The van der Waals surface area contributed by atoms with Crippen molar-refractivity contribution in [2.75, 3.05) is 0 Å². The topological polar surface area (TPSA) is 36.7 Å². The van der Waals surface area contributed by atoms with Gasteiger partial charge in [0, 0.05) is 16.1 Å². The number of hydrogen-bond donors (Lipinski definition) is 0. The summed E-state index contributed by atoms with van der Waals surface area (Å²) in [5, 5.41) is 11.2. The highest BCUT2D eigenvalue weighted by molar-refractivity contribution is 6.38. The van der Waals surface area contributed by atoms with Crippen LogP contribution in [-0.4, -0.2) is 4.98 Å². The summed E-state index contributed by atoms with van der Waals surface area (Å²) in [4.78, 5) is 4.63. The minimum absolute atomic E-state index is 0.509. The highest BCUT2D eigenvalue weighted by Crippen LogP contribution is 2.34. The molecule has 0 spiro atoms. The Bertz CT molecular complexity index is 686. The molecule has 2 aromatic rings. The molecule has 1 aliphatic rings. The van der Waals surface area contributed by atoms with Crippen LogP contribution in [0.2, 0.25) is 10.0 Å². The molecule has 3 rings (SSSR count). The van der Waals surface area contributed by atoms with Gasteiger partial charge in [-0.2, -0.15) is 5.26 Å². The largest absolute Gasteiger partial charge is 0.252 e. The van der Waals surface area contributed by atoms with Crippen molar-refractivity contribution in [2.24, 2.45) is 0 Å². The summed E-state index contributed by atoms with van der Waals surface area (Å²) in [6, 6.07) is 5.74. The molecule has 1 aliphatic carbocycles. The highest BCUT2D eigenvalue weighted by Gasteiger charge is 2.19. The number of pyridine rings is 1. The number of nitriles is 1. The second kappa shape index (κ2) is 4.42. The maximum Gasteiger partial charge on any atom is 0.100 e. The van der Waals surface area contributed by atoms with Crippen molar-refractivity contribution in [3.8, 4) is 6.07 Å². The van der Waals surface area contributed by atoms with Crippen molar-refractivity contribution in [2.45, 2.75) is 25.7 Å². The van der Waals surface area contributed by atoms with E-state index >= 15 is 0 Å². The van der Waals surface area contributed by atoms with Gasteiger partial charge in [0.25, 0.3) is 0 Å². The molecule has 0 bridgehead atoms. The van der Waals surface area contributed by atoms with E-state index in [4.69, 9.17) is 23.2 Å². The Balaban J connectivity index is 2.45. The fraction of sp³-hybridized carbons (Fsp3) is 0.286. The predicted octanol–water partition coefficient (Wildman–Crippen LogP) is 4.29. The Labute approximate surface area is 115 Å². The third kappa shape index (κ3) is 1.75. The van der Waals surface area contributed by atoms with Crippen LogP contribution in [0, 0.1) is 11.3 Å². The Morgan fingerprint density at radius 3 is 2.72 bits per heavy atom. The van der Waals surface area contributed by atoms with Gasteiger partial charge in [-0.3, -0.25) is 4.98 Å². The molecule has 0 aliphatic heterocycles. The second-order valence-electron chi connectivity index (χ2n) is 4.51. The number of fused-ring (bicyclic) bond motifs is 2. The SMILES string of the molecule is N#Cc1c2c(nc3cc(Cl)cc(Cl)c13)CCCC2. The van der Waals surface area contributed by atoms with E-state index in [1.54, 1.807) is 12.1 Å². The van der Waals surface area contributed by atoms with Crippen LogP contribution in [0.1, 0.15) is 29.7 Å². The van der Waals surface area contributed by atoms with Gasteiger partial charge in [0.2, 0.25) is 0 Å². The number of benzene rings is 1. The van der Waals surface area contributed by atoms with E-state index < -0.39 is 0 Å². The lowest BCUT2D eigenvalue weighted by molar-refractivity contribution is 0.670. The van der Waals surface area contributed by atoms with Crippen LogP contribution in [0.4, 0.5) is 0 Å². The number of aryl methyl sites for hydroxylation is 1. The molecule has 2 nitrogen and oxygen atoms in total. The zero-order valence-electron chi connectivity index (χ0n) is 9.63. The molecule has 0 saturated carbocycles. The minimum Gasteiger partial charge on any atom is -0.252 e. The van der Waals surface area contributed by atoms with Gasteiger partial charge < -0.3 is 0 Å². The first-order valence-electron chi connectivity index (χ1n) is 5.91. The first-order chi connectivity index (χ1) is 8.70. The van der Waals surface area contributed by atoms with Crippen molar-refractivity contribution >= 4 is 34.1 Å². The van der Waals surface area contributed by atoms with Crippen LogP contribution in [0.15, 0.2) is 12.1 Å². The Kier molecular flexibility index (Phi) is 2.89. The third-order valence-electron chi connectivity index (χ3n) is 3.39. The molecule has 0 saturated heterocycles. The zero-order chi connectivity index (χ0) is 12.7. The summed E-state index contributed by atoms with van der Waals surface area (Å²) in [6.07, 6.45) is 4.09. The molecule has 1 heterocycles. The normalized spacial score (nSPS) is 14.3. The van der Waals surface area contributed by atoms with E-state index in [9.17, 15) is 5.26 Å². The molecular formula is C14H10Cl2N2. The average molecular weight is 277 g/mol. The number of nitrogens with zero attached hydrogens (tertiary/aromatic N) is 2.